The third kappa shape index (κ3) is 9.98. The number of primary amides is 4. The van der Waals surface area contributed by atoms with Gasteiger partial charge in [-0.2, -0.15) is 8.75 Å². The second-order valence-electron chi connectivity index (χ2n) is 9.64. The molecular formula is C26H33BrN14O4S2. The molecular weight excluding hydrogens is 716 g/mol. The van der Waals surface area contributed by atoms with Gasteiger partial charge >= 0.3 is 0 Å². The van der Waals surface area contributed by atoms with Crippen LogP contribution in [0, 0.1) is 13.8 Å². The van der Waals surface area contributed by atoms with Crippen molar-refractivity contribution < 1.29 is 19.2 Å². The summed E-state index contributed by atoms with van der Waals surface area (Å²) in [7, 11) is 0. The third-order valence-electron chi connectivity index (χ3n) is 6.05. The zero-order valence-corrected chi connectivity index (χ0v) is 28.8. The molecule has 2 atom stereocenters. The lowest BCUT2D eigenvalue weighted by Gasteiger charge is -2.15. The van der Waals surface area contributed by atoms with E-state index >= 15 is 0 Å². The molecule has 12 N–H and O–H groups in total. The number of amides is 4. The van der Waals surface area contributed by atoms with Gasteiger partial charge in [-0.1, -0.05) is 13.8 Å². The van der Waals surface area contributed by atoms with E-state index < -0.39 is 35.7 Å². The Kier molecular flexibility index (Phi) is 12.8. The zero-order chi connectivity index (χ0) is 34.8. The monoisotopic (exact) mass is 748 g/mol. The fourth-order valence-corrected chi connectivity index (χ4v) is 5.51. The average Bonchev–Trinajstić information content (AvgIpc) is 3.57. The number of hydrogen-bond acceptors (Lipinski definition) is 16. The summed E-state index contributed by atoms with van der Waals surface area (Å²) in [5.74, 6) is -1.49. The minimum Gasteiger partial charge on any atom is -0.368 e. The highest BCUT2D eigenvalue weighted by Crippen LogP contribution is 2.33. The Labute approximate surface area is 285 Å². The first kappa shape index (κ1) is 36.4. The van der Waals surface area contributed by atoms with Gasteiger partial charge in [0.05, 0.1) is 28.3 Å². The highest BCUT2D eigenvalue weighted by molar-refractivity contribution is 9.10. The molecule has 0 aliphatic carbocycles. The van der Waals surface area contributed by atoms with Crippen LogP contribution in [0.4, 0.5) is 33.3 Å². The first-order chi connectivity index (χ1) is 22.2. The number of nitrogens with one attached hydrogen (secondary N) is 4. The second kappa shape index (κ2) is 16.5. The minimum absolute atomic E-state index is 0.00581. The van der Waals surface area contributed by atoms with Crippen LogP contribution < -0.4 is 44.2 Å². The standard InChI is InChI=1S/C13H16BrN7O2S.C13H17N7O2S/c1-3-6(10(15)22)18-7-4-17-9(11(16)23)12(19-7)20-13-8(14)5(2)21-24-13;1-3-7(11(14)21)17-8-5-16-10(12(15)22)13(18-8)19-9-4-6(2)20-23-9/h4,6H,3H2,1-2H3,(H2,15,22)(H2,16,23)(H2,18,19,20);4-5,7H,3H2,1-2H3,(H2,14,21)(H2,15,22)(H2,17,18,19)/t6-;7-/m11/s1. The number of nitrogens with two attached hydrogens (primary N) is 4. The average molecular weight is 750 g/mol. The fourth-order valence-electron chi connectivity index (χ4n) is 3.64. The van der Waals surface area contributed by atoms with E-state index in [4.69, 9.17) is 22.9 Å². The van der Waals surface area contributed by atoms with Gasteiger partial charge in [-0.15, -0.1) is 0 Å². The molecule has 0 saturated heterocycles. The van der Waals surface area contributed by atoms with Crippen molar-refractivity contribution in [2.75, 3.05) is 21.3 Å². The van der Waals surface area contributed by atoms with Crippen LogP contribution in [0.25, 0.3) is 0 Å². The predicted molar refractivity (Wildman–Crippen MR) is 183 cm³/mol. The molecule has 4 heterocycles. The van der Waals surface area contributed by atoms with Crippen LogP contribution in [0.1, 0.15) is 59.1 Å². The van der Waals surface area contributed by atoms with E-state index in [-0.39, 0.29) is 23.0 Å². The van der Waals surface area contributed by atoms with Gasteiger partial charge in [0.1, 0.15) is 33.7 Å². The van der Waals surface area contributed by atoms with Gasteiger partial charge in [-0.3, -0.25) is 19.2 Å². The number of halogens is 1. The van der Waals surface area contributed by atoms with Crippen molar-refractivity contribution in [1.29, 1.82) is 0 Å². The summed E-state index contributed by atoms with van der Waals surface area (Å²) in [5, 5.41) is 13.0. The van der Waals surface area contributed by atoms with Gasteiger partial charge in [0.15, 0.2) is 23.0 Å². The molecule has 0 saturated carbocycles. The van der Waals surface area contributed by atoms with Crippen molar-refractivity contribution in [1.82, 2.24) is 28.7 Å². The van der Waals surface area contributed by atoms with E-state index in [1.807, 2.05) is 27.7 Å². The Hall–Kier alpha value is -5.02. The molecule has 4 amide bonds. The molecule has 4 rings (SSSR count). The van der Waals surface area contributed by atoms with E-state index in [2.05, 4.69) is 65.9 Å². The number of carbonyl (C=O) groups excluding carboxylic acids is 4. The van der Waals surface area contributed by atoms with Crippen LogP contribution in [0.5, 0.6) is 0 Å². The lowest BCUT2D eigenvalue weighted by molar-refractivity contribution is -0.119. The maximum atomic E-state index is 11.6. The van der Waals surface area contributed by atoms with Gasteiger partial charge in [0, 0.05) is 0 Å². The first-order valence-corrected chi connectivity index (χ1v) is 16.1. The third-order valence-corrected chi connectivity index (χ3v) is 8.93. The quantitative estimate of drug-likeness (QED) is 0.0918. The van der Waals surface area contributed by atoms with Gasteiger partial charge < -0.3 is 44.2 Å². The highest BCUT2D eigenvalue weighted by Gasteiger charge is 2.20. The SMILES string of the molecule is CC[C@@H](Nc1cnc(C(N)=O)c(Nc2cc(C)ns2)n1)C(N)=O.CC[C@@H](Nc1cnc(C(N)=O)c(Nc2snc(C)c2Br)n1)C(N)=O. The summed E-state index contributed by atoms with van der Waals surface area (Å²) in [6.45, 7) is 7.30. The highest BCUT2D eigenvalue weighted by atomic mass is 79.9. The Morgan fingerprint density at radius 2 is 1.28 bits per heavy atom. The van der Waals surface area contributed by atoms with Crippen LogP contribution >= 0.6 is 39.0 Å². The molecule has 4 aromatic heterocycles. The van der Waals surface area contributed by atoms with Gasteiger partial charge in [-0.05, 0) is 71.8 Å². The molecule has 0 aromatic carbocycles. The van der Waals surface area contributed by atoms with Crippen LogP contribution in [-0.4, -0.2) is 64.4 Å². The van der Waals surface area contributed by atoms with E-state index in [9.17, 15) is 19.2 Å². The summed E-state index contributed by atoms with van der Waals surface area (Å²) >= 11 is 5.82. The lowest BCUT2D eigenvalue weighted by atomic mass is 10.2. The zero-order valence-electron chi connectivity index (χ0n) is 25.6. The molecule has 0 unspecified atom stereocenters. The lowest BCUT2D eigenvalue weighted by Crippen LogP contribution is -2.35. The number of hydrogen-bond donors (Lipinski definition) is 8. The van der Waals surface area contributed by atoms with Crippen molar-refractivity contribution in [3.05, 3.63) is 45.7 Å². The van der Waals surface area contributed by atoms with Gasteiger partial charge in [-0.25, -0.2) is 19.9 Å². The molecule has 47 heavy (non-hydrogen) atoms. The normalized spacial score (nSPS) is 11.8. The molecule has 0 bridgehead atoms. The number of aromatic nitrogens is 6. The van der Waals surface area contributed by atoms with Crippen molar-refractivity contribution >= 4 is 95.9 Å². The number of carbonyl (C=O) groups is 4. The van der Waals surface area contributed by atoms with Crippen molar-refractivity contribution in [3.8, 4) is 0 Å². The van der Waals surface area contributed by atoms with Gasteiger partial charge in [0.2, 0.25) is 11.8 Å². The maximum Gasteiger partial charge on any atom is 0.271 e. The van der Waals surface area contributed by atoms with E-state index in [1.54, 1.807) is 6.07 Å². The number of nitrogens with zero attached hydrogens (tertiary/aromatic N) is 6. The predicted octanol–water partition coefficient (Wildman–Crippen LogP) is 2.28. The Morgan fingerprint density at radius 1 is 0.787 bits per heavy atom. The summed E-state index contributed by atoms with van der Waals surface area (Å²) in [4.78, 5) is 62.2. The Morgan fingerprint density at radius 3 is 1.64 bits per heavy atom. The van der Waals surface area contributed by atoms with Crippen LogP contribution in [0.3, 0.4) is 0 Å². The maximum absolute atomic E-state index is 11.6. The molecule has 0 aliphatic heterocycles. The summed E-state index contributed by atoms with van der Waals surface area (Å²) in [6, 6.07) is 0.626. The Balaban J connectivity index is 0.000000256. The molecule has 0 spiro atoms. The number of anilines is 6. The van der Waals surface area contributed by atoms with Crippen LogP contribution in [0.15, 0.2) is 22.9 Å². The molecule has 0 aliphatic rings. The largest absolute Gasteiger partial charge is 0.368 e. The molecule has 18 nitrogen and oxygen atoms in total. The van der Waals surface area contributed by atoms with Crippen molar-refractivity contribution in [2.24, 2.45) is 22.9 Å². The van der Waals surface area contributed by atoms with Crippen LogP contribution in [0.2, 0.25) is 0 Å². The Bertz CT molecular complexity index is 1760. The molecule has 4 aromatic rings. The van der Waals surface area contributed by atoms with E-state index in [0.717, 1.165) is 15.9 Å². The number of aryl methyl sites for hydroxylation is 2. The van der Waals surface area contributed by atoms with Crippen molar-refractivity contribution in [3.63, 3.8) is 0 Å². The van der Waals surface area contributed by atoms with Crippen molar-refractivity contribution in [2.45, 2.75) is 52.6 Å². The summed E-state index contributed by atoms with van der Waals surface area (Å²) in [5.41, 5.74) is 22.8. The second-order valence-corrected chi connectivity index (χ2v) is 12.0. The number of rotatable bonds is 14. The van der Waals surface area contributed by atoms with E-state index in [0.29, 0.717) is 34.5 Å². The smallest absolute Gasteiger partial charge is 0.271 e. The molecule has 0 fully saturated rings. The first-order valence-electron chi connectivity index (χ1n) is 13.8. The summed E-state index contributed by atoms with van der Waals surface area (Å²) in [6.07, 6.45) is 3.63. The topological polar surface area (TPSA) is 298 Å². The minimum atomic E-state index is -0.726. The van der Waals surface area contributed by atoms with Gasteiger partial charge in [0.25, 0.3) is 11.8 Å². The molecule has 0 radical (unpaired) electrons. The van der Waals surface area contributed by atoms with E-state index in [1.165, 1.54) is 35.5 Å². The molecule has 250 valence electrons. The van der Waals surface area contributed by atoms with Crippen LogP contribution in [-0.2, 0) is 9.59 Å². The fraction of sp³-hybridized carbons (Fsp3) is 0.308. The summed E-state index contributed by atoms with van der Waals surface area (Å²) < 4.78 is 9.07. The molecule has 21 heteroatoms.